The standard InChI is InChI=1S/C13H18Br2N4S/c1-4-8-12(14)10(19(3)18-8)6-9(17-16)11-5-7(2)13(15)20-11/h5,9,17H,4,6,16H2,1-3H3. The molecule has 2 aromatic rings. The van der Waals surface area contributed by atoms with Gasteiger partial charge in [0.05, 0.1) is 25.7 Å². The topological polar surface area (TPSA) is 55.9 Å². The average molecular weight is 422 g/mol. The van der Waals surface area contributed by atoms with Crippen LogP contribution in [0.2, 0.25) is 0 Å². The van der Waals surface area contributed by atoms with Gasteiger partial charge in [0.15, 0.2) is 0 Å². The van der Waals surface area contributed by atoms with Crippen LogP contribution < -0.4 is 11.3 Å². The van der Waals surface area contributed by atoms with Gasteiger partial charge in [0.25, 0.3) is 0 Å². The van der Waals surface area contributed by atoms with E-state index in [0.29, 0.717) is 0 Å². The predicted molar refractivity (Wildman–Crippen MR) is 90.8 cm³/mol. The number of nitrogens with one attached hydrogen (secondary N) is 1. The van der Waals surface area contributed by atoms with Crippen molar-refractivity contribution in [2.24, 2.45) is 12.9 Å². The van der Waals surface area contributed by atoms with Gasteiger partial charge in [-0.15, -0.1) is 11.3 Å². The summed E-state index contributed by atoms with van der Waals surface area (Å²) in [6.45, 7) is 4.20. The minimum Gasteiger partial charge on any atom is -0.271 e. The van der Waals surface area contributed by atoms with Crippen LogP contribution in [0.1, 0.15) is 34.8 Å². The molecule has 0 amide bonds. The fraction of sp³-hybridized carbons (Fsp3) is 0.462. The molecular formula is C13H18Br2N4S. The first-order valence-electron chi connectivity index (χ1n) is 6.40. The molecule has 2 rings (SSSR count). The lowest BCUT2D eigenvalue weighted by Crippen LogP contribution is -2.29. The van der Waals surface area contributed by atoms with Crippen LogP contribution in [0.15, 0.2) is 14.3 Å². The van der Waals surface area contributed by atoms with E-state index in [-0.39, 0.29) is 6.04 Å². The van der Waals surface area contributed by atoms with Crippen molar-refractivity contribution >= 4 is 43.2 Å². The number of aromatic nitrogens is 2. The Morgan fingerprint density at radius 2 is 2.20 bits per heavy atom. The molecule has 20 heavy (non-hydrogen) atoms. The van der Waals surface area contributed by atoms with Crippen LogP contribution in [0.25, 0.3) is 0 Å². The number of nitrogens with zero attached hydrogens (tertiary/aromatic N) is 2. The summed E-state index contributed by atoms with van der Waals surface area (Å²) in [5.41, 5.74) is 6.40. The number of rotatable bonds is 5. The van der Waals surface area contributed by atoms with E-state index in [1.54, 1.807) is 11.3 Å². The van der Waals surface area contributed by atoms with Gasteiger partial charge in [-0.25, -0.2) is 0 Å². The highest BCUT2D eigenvalue weighted by atomic mass is 79.9. The Hall–Kier alpha value is -0.210. The first kappa shape index (κ1) is 16.2. The average Bonchev–Trinajstić information content (AvgIpc) is 2.88. The number of hydrogen-bond donors (Lipinski definition) is 2. The molecule has 7 heteroatoms. The fourth-order valence-electron chi connectivity index (χ4n) is 2.13. The van der Waals surface area contributed by atoms with Crippen molar-refractivity contribution in [3.63, 3.8) is 0 Å². The molecule has 0 aliphatic carbocycles. The van der Waals surface area contributed by atoms with Crippen molar-refractivity contribution in [1.29, 1.82) is 0 Å². The Balaban J connectivity index is 2.29. The Labute approximate surface area is 140 Å². The molecular weight excluding hydrogens is 404 g/mol. The fourth-order valence-corrected chi connectivity index (χ4v) is 4.54. The molecule has 1 atom stereocenters. The highest BCUT2D eigenvalue weighted by Crippen LogP contribution is 2.34. The van der Waals surface area contributed by atoms with Crippen LogP contribution in [-0.4, -0.2) is 9.78 Å². The summed E-state index contributed by atoms with van der Waals surface area (Å²) in [5, 5.41) is 4.53. The molecule has 0 saturated heterocycles. The van der Waals surface area contributed by atoms with Crippen molar-refractivity contribution in [1.82, 2.24) is 15.2 Å². The second-order valence-electron chi connectivity index (χ2n) is 4.71. The van der Waals surface area contributed by atoms with Crippen molar-refractivity contribution in [2.75, 3.05) is 0 Å². The van der Waals surface area contributed by atoms with E-state index >= 15 is 0 Å². The van der Waals surface area contributed by atoms with Gasteiger partial charge in [-0.1, -0.05) is 6.92 Å². The zero-order valence-corrected chi connectivity index (χ0v) is 15.7. The molecule has 0 radical (unpaired) electrons. The second kappa shape index (κ2) is 6.70. The van der Waals surface area contributed by atoms with E-state index < -0.39 is 0 Å². The van der Waals surface area contributed by atoms with Gasteiger partial charge in [-0.2, -0.15) is 5.10 Å². The molecule has 4 nitrogen and oxygen atoms in total. The van der Waals surface area contributed by atoms with Gasteiger partial charge < -0.3 is 0 Å². The van der Waals surface area contributed by atoms with Crippen LogP contribution in [0.3, 0.4) is 0 Å². The van der Waals surface area contributed by atoms with Gasteiger partial charge in [0.2, 0.25) is 0 Å². The number of halogens is 2. The van der Waals surface area contributed by atoms with Crippen molar-refractivity contribution < 1.29 is 0 Å². The Morgan fingerprint density at radius 1 is 1.50 bits per heavy atom. The lowest BCUT2D eigenvalue weighted by atomic mass is 10.1. The van der Waals surface area contributed by atoms with Crippen LogP contribution in [0.4, 0.5) is 0 Å². The SMILES string of the molecule is CCc1nn(C)c(CC(NN)c2cc(C)c(Br)s2)c1Br. The van der Waals surface area contributed by atoms with Crippen LogP contribution in [0, 0.1) is 6.92 Å². The molecule has 0 fully saturated rings. The highest BCUT2D eigenvalue weighted by Gasteiger charge is 2.20. The number of nitrogens with two attached hydrogens (primary N) is 1. The molecule has 0 bridgehead atoms. The Bertz CT molecular complexity index is 586. The van der Waals surface area contributed by atoms with Crippen LogP contribution in [-0.2, 0) is 19.9 Å². The zero-order valence-electron chi connectivity index (χ0n) is 11.7. The summed E-state index contributed by atoms with van der Waals surface area (Å²) in [5.74, 6) is 5.75. The maximum absolute atomic E-state index is 5.75. The largest absolute Gasteiger partial charge is 0.271 e. The summed E-state index contributed by atoms with van der Waals surface area (Å²) in [6.07, 6.45) is 1.71. The Morgan fingerprint density at radius 3 is 2.65 bits per heavy atom. The first-order chi connectivity index (χ1) is 9.47. The van der Waals surface area contributed by atoms with E-state index in [0.717, 1.165) is 32.5 Å². The Kier molecular flexibility index (Phi) is 5.42. The number of aryl methyl sites for hydroxylation is 3. The predicted octanol–water partition coefficient (Wildman–Crippen LogP) is 3.62. The third kappa shape index (κ3) is 3.17. The summed E-state index contributed by atoms with van der Waals surface area (Å²) in [6, 6.07) is 2.26. The third-order valence-electron chi connectivity index (χ3n) is 3.32. The quantitative estimate of drug-likeness (QED) is 0.572. The van der Waals surface area contributed by atoms with E-state index in [2.05, 4.69) is 62.3 Å². The summed E-state index contributed by atoms with van der Waals surface area (Å²) in [7, 11) is 1.97. The monoisotopic (exact) mass is 420 g/mol. The molecule has 2 heterocycles. The molecule has 110 valence electrons. The van der Waals surface area contributed by atoms with Gasteiger partial charge in [-0.3, -0.25) is 16.0 Å². The minimum absolute atomic E-state index is 0.0846. The number of thiophene rings is 1. The molecule has 3 N–H and O–H groups in total. The smallest absolute Gasteiger partial charge is 0.0766 e. The lowest BCUT2D eigenvalue weighted by molar-refractivity contribution is 0.536. The van der Waals surface area contributed by atoms with E-state index in [1.807, 2.05) is 11.7 Å². The van der Waals surface area contributed by atoms with Gasteiger partial charge in [0, 0.05) is 18.3 Å². The molecule has 0 saturated carbocycles. The van der Waals surface area contributed by atoms with Crippen LogP contribution in [0.5, 0.6) is 0 Å². The molecule has 2 aromatic heterocycles. The van der Waals surface area contributed by atoms with Gasteiger partial charge >= 0.3 is 0 Å². The maximum Gasteiger partial charge on any atom is 0.0766 e. The van der Waals surface area contributed by atoms with Crippen molar-refractivity contribution in [3.8, 4) is 0 Å². The maximum atomic E-state index is 5.75. The summed E-state index contributed by atoms with van der Waals surface area (Å²) >= 11 is 8.94. The first-order valence-corrected chi connectivity index (χ1v) is 8.80. The normalized spacial score (nSPS) is 12.9. The summed E-state index contributed by atoms with van der Waals surface area (Å²) in [4.78, 5) is 1.23. The van der Waals surface area contributed by atoms with Crippen molar-refractivity contribution in [2.45, 2.75) is 32.7 Å². The molecule has 0 aromatic carbocycles. The van der Waals surface area contributed by atoms with Crippen molar-refractivity contribution in [3.05, 3.63) is 36.2 Å². The van der Waals surface area contributed by atoms with E-state index in [4.69, 9.17) is 5.84 Å². The molecule has 0 aliphatic rings. The molecule has 0 spiro atoms. The zero-order chi connectivity index (χ0) is 14.9. The highest BCUT2D eigenvalue weighted by molar-refractivity contribution is 9.11. The molecule has 1 unspecified atom stereocenters. The number of hydrazine groups is 1. The van der Waals surface area contributed by atoms with Gasteiger partial charge in [0.1, 0.15) is 0 Å². The van der Waals surface area contributed by atoms with Gasteiger partial charge in [-0.05, 0) is 56.8 Å². The second-order valence-corrected chi connectivity index (χ2v) is 7.91. The molecule has 0 aliphatic heterocycles. The number of hydrogen-bond acceptors (Lipinski definition) is 4. The third-order valence-corrected chi connectivity index (χ3v) is 6.49. The minimum atomic E-state index is 0.0846. The summed E-state index contributed by atoms with van der Waals surface area (Å²) < 4.78 is 4.18. The lowest BCUT2D eigenvalue weighted by Gasteiger charge is -2.14. The van der Waals surface area contributed by atoms with E-state index in [1.165, 1.54) is 10.4 Å². The van der Waals surface area contributed by atoms with Crippen LogP contribution >= 0.6 is 43.2 Å². The van der Waals surface area contributed by atoms with E-state index in [9.17, 15) is 0 Å².